The van der Waals surface area contributed by atoms with Crippen molar-refractivity contribution in [2.75, 3.05) is 5.32 Å². The molecule has 1 aromatic heterocycles. The molecule has 0 fully saturated rings. The maximum atomic E-state index is 13.4. The molecule has 1 unspecified atom stereocenters. The Morgan fingerprint density at radius 2 is 1.68 bits per heavy atom. The number of hydrogen-bond acceptors (Lipinski definition) is 4. The second-order valence-electron chi connectivity index (χ2n) is 8.16. The van der Waals surface area contributed by atoms with Crippen molar-refractivity contribution in [2.45, 2.75) is 26.1 Å². The third kappa shape index (κ3) is 5.71. The molecule has 1 N–H and O–H groups in total. The van der Waals surface area contributed by atoms with E-state index in [9.17, 15) is 22.8 Å². The van der Waals surface area contributed by atoms with Gasteiger partial charge < -0.3 is 14.5 Å². The van der Waals surface area contributed by atoms with Crippen molar-refractivity contribution in [3.05, 3.63) is 91.0 Å². The molecule has 4 aromatic rings. The van der Waals surface area contributed by atoms with Crippen molar-refractivity contribution < 1.29 is 27.1 Å². The number of hydrogen-bond donors (Lipinski definition) is 1. The van der Waals surface area contributed by atoms with Crippen molar-refractivity contribution in [3.8, 4) is 17.1 Å². The number of anilines is 1. The second kappa shape index (κ2) is 10.3. The van der Waals surface area contributed by atoms with Crippen molar-refractivity contribution in [1.82, 2.24) is 0 Å². The van der Waals surface area contributed by atoms with Crippen molar-refractivity contribution in [1.29, 1.82) is 0 Å². The maximum absolute atomic E-state index is 13.4. The first kappa shape index (κ1) is 26.9. The van der Waals surface area contributed by atoms with Crippen LogP contribution in [0.25, 0.3) is 22.3 Å². The fourth-order valence-corrected chi connectivity index (χ4v) is 4.17. The molecule has 1 atom stereocenters. The molecule has 0 saturated heterocycles. The number of fused-ring (bicyclic) bond motifs is 1. The first-order chi connectivity index (χ1) is 17.3. The molecule has 0 bridgehead atoms. The molecule has 11 heteroatoms. The highest BCUT2D eigenvalue weighted by molar-refractivity contribution is 6.38. The normalized spacial score (nSPS) is 12.4. The van der Waals surface area contributed by atoms with Gasteiger partial charge in [0.15, 0.2) is 17.4 Å². The van der Waals surface area contributed by atoms with Crippen LogP contribution in [0.2, 0.25) is 15.1 Å². The Labute approximate surface area is 223 Å². The third-order valence-corrected chi connectivity index (χ3v) is 6.23. The van der Waals surface area contributed by atoms with Crippen LogP contribution in [0.5, 0.6) is 5.75 Å². The number of halogens is 6. The smallest absolute Gasteiger partial charge is 0.416 e. The standard InChI is InChI=1S/C26H17Cl3F3NO4/c1-12-3-5-14(6-4-12)22-24(21(34)17-10-16(27)11-19(29)23(17)37-22)36-13(2)25(35)33-20-9-15(26(30,31)32)7-8-18(20)28/h3-11,13H,1-2H3,(H,33,35). The molecule has 4 rings (SSSR count). The summed E-state index contributed by atoms with van der Waals surface area (Å²) >= 11 is 18.3. The van der Waals surface area contributed by atoms with Crippen LogP contribution in [0.1, 0.15) is 18.1 Å². The lowest BCUT2D eigenvalue weighted by Gasteiger charge is -2.18. The summed E-state index contributed by atoms with van der Waals surface area (Å²) in [5.74, 6) is -1.13. The number of carbonyl (C=O) groups excluding carboxylic acids is 1. The Kier molecular flexibility index (Phi) is 7.46. The predicted octanol–water partition coefficient (Wildman–Crippen LogP) is 8.15. The summed E-state index contributed by atoms with van der Waals surface area (Å²) < 4.78 is 51.0. The SMILES string of the molecule is Cc1ccc(-c2oc3c(Cl)cc(Cl)cc3c(=O)c2OC(C)C(=O)Nc2cc(C(F)(F)F)ccc2Cl)cc1. The van der Waals surface area contributed by atoms with Gasteiger partial charge in [0.2, 0.25) is 11.2 Å². The number of carbonyl (C=O) groups is 1. The van der Waals surface area contributed by atoms with E-state index in [0.29, 0.717) is 11.6 Å². The monoisotopic (exact) mass is 569 g/mol. The van der Waals surface area contributed by atoms with Gasteiger partial charge in [-0.2, -0.15) is 13.2 Å². The lowest BCUT2D eigenvalue weighted by Crippen LogP contribution is -2.32. The van der Waals surface area contributed by atoms with E-state index in [0.717, 1.165) is 17.7 Å². The molecule has 0 saturated carbocycles. The molecule has 0 aliphatic heterocycles. The minimum absolute atomic E-state index is 0.0125. The fraction of sp³-hybridized carbons (Fsp3) is 0.154. The Balaban J connectivity index is 1.75. The van der Waals surface area contributed by atoms with Crippen LogP contribution in [-0.2, 0) is 11.0 Å². The summed E-state index contributed by atoms with van der Waals surface area (Å²) in [6.45, 7) is 3.20. The minimum Gasteiger partial charge on any atom is -0.473 e. The van der Waals surface area contributed by atoms with E-state index in [2.05, 4.69) is 5.32 Å². The second-order valence-corrected chi connectivity index (χ2v) is 9.41. The molecule has 0 aliphatic rings. The van der Waals surface area contributed by atoms with Crippen LogP contribution in [0.3, 0.4) is 0 Å². The Morgan fingerprint density at radius 3 is 2.32 bits per heavy atom. The topological polar surface area (TPSA) is 68.5 Å². The van der Waals surface area contributed by atoms with Gasteiger partial charge in [0, 0.05) is 10.6 Å². The van der Waals surface area contributed by atoms with Crippen LogP contribution in [0, 0.1) is 6.92 Å². The van der Waals surface area contributed by atoms with E-state index in [1.807, 2.05) is 6.92 Å². The van der Waals surface area contributed by atoms with E-state index < -0.39 is 29.2 Å². The van der Waals surface area contributed by atoms with E-state index in [4.69, 9.17) is 44.0 Å². The molecule has 192 valence electrons. The quantitative estimate of drug-likeness (QED) is 0.263. The van der Waals surface area contributed by atoms with Gasteiger partial charge in [0.25, 0.3) is 5.91 Å². The first-order valence-electron chi connectivity index (χ1n) is 10.7. The molecule has 0 spiro atoms. The summed E-state index contributed by atoms with van der Waals surface area (Å²) in [5.41, 5.74) is -0.403. The lowest BCUT2D eigenvalue weighted by atomic mass is 10.1. The van der Waals surface area contributed by atoms with E-state index in [1.54, 1.807) is 24.3 Å². The van der Waals surface area contributed by atoms with Crippen LogP contribution >= 0.6 is 34.8 Å². The number of ether oxygens (including phenoxy) is 1. The zero-order valence-corrected chi connectivity index (χ0v) is 21.4. The molecular formula is C26H17Cl3F3NO4. The molecule has 0 aliphatic carbocycles. The zero-order chi connectivity index (χ0) is 27.1. The molecular weight excluding hydrogens is 554 g/mol. The summed E-state index contributed by atoms with van der Waals surface area (Å²) in [4.78, 5) is 26.3. The largest absolute Gasteiger partial charge is 0.473 e. The predicted molar refractivity (Wildman–Crippen MR) is 138 cm³/mol. The maximum Gasteiger partial charge on any atom is 0.416 e. The summed E-state index contributed by atoms with van der Waals surface area (Å²) in [7, 11) is 0. The van der Waals surface area contributed by atoms with E-state index >= 15 is 0 Å². The minimum atomic E-state index is -4.64. The molecule has 1 amide bonds. The Bertz CT molecular complexity index is 1570. The van der Waals surface area contributed by atoms with Gasteiger partial charge in [-0.25, -0.2) is 0 Å². The van der Waals surface area contributed by atoms with E-state index in [-0.39, 0.29) is 43.2 Å². The number of rotatable bonds is 5. The van der Waals surface area contributed by atoms with Gasteiger partial charge in [-0.1, -0.05) is 64.6 Å². The van der Waals surface area contributed by atoms with Gasteiger partial charge in [-0.05, 0) is 44.2 Å². The highest BCUT2D eigenvalue weighted by atomic mass is 35.5. The van der Waals surface area contributed by atoms with Gasteiger partial charge in [-0.15, -0.1) is 0 Å². The van der Waals surface area contributed by atoms with Crippen molar-refractivity contribution in [2.24, 2.45) is 0 Å². The average Bonchev–Trinajstić information content (AvgIpc) is 2.82. The van der Waals surface area contributed by atoms with Gasteiger partial charge >= 0.3 is 6.18 Å². The average molecular weight is 571 g/mol. The Hall–Kier alpha value is -3.20. The van der Waals surface area contributed by atoms with Gasteiger partial charge in [-0.3, -0.25) is 9.59 Å². The lowest BCUT2D eigenvalue weighted by molar-refractivity contribution is -0.137. The number of nitrogens with one attached hydrogen (secondary N) is 1. The van der Waals surface area contributed by atoms with Crippen LogP contribution < -0.4 is 15.5 Å². The Morgan fingerprint density at radius 1 is 1.00 bits per heavy atom. The number of amides is 1. The summed E-state index contributed by atoms with van der Waals surface area (Å²) in [6, 6.07) is 12.3. The fourth-order valence-electron chi connectivity index (χ4n) is 3.47. The molecule has 37 heavy (non-hydrogen) atoms. The van der Waals surface area contributed by atoms with E-state index in [1.165, 1.54) is 19.1 Å². The van der Waals surface area contributed by atoms with Crippen LogP contribution in [0.15, 0.2) is 63.8 Å². The first-order valence-corrected chi connectivity index (χ1v) is 11.9. The molecule has 3 aromatic carbocycles. The number of alkyl halides is 3. The highest BCUT2D eigenvalue weighted by Gasteiger charge is 2.31. The molecule has 5 nitrogen and oxygen atoms in total. The summed E-state index contributed by atoms with van der Waals surface area (Å²) in [6.07, 6.45) is -5.98. The highest BCUT2D eigenvalue weighted by Crippen LogP contribution is 2.36. The summed E-state index contributed by atoms with van der Waals surface area (Å²) in [5, 5.41) is 2.52. The van der Waals surface area contributed by atoms with Gasteiger partial charge in [0.05, 0.1) is 26.7 Å². The van der Waals surface area contributed by atoms with Crippen LogP contribution in [-0.4, -0.2) is 12.0 Å². The van der Waals surface area contributed by atoms with Gasteiger partial charge in [0.1, 0.15) is 0 Å². The number of aryl methyl sites for hydroxylation is 1. The zero-order valence-electron chi connectivity index (χ0n) is 19.2. The van der Waals surface area contributed by atoms with Crippen molar-refractivity contribution in [3.63, 3.8) is 0 Å². The van der Waals surface area contributed by atoms with Crippen molar-refractivity contribution >= 4 is 57.4 Å². The third-order valence-electron chi connectivity index (χ3n) is 5.40. The molecule has 1 heterocycles. The molecule has 0 radical (unpaired) electrons. The number of benzene rings is 3. The van der Waals surface area contributed by atoms with Crippen LogP contribution in [0.4, 0.5) is 18.9 Å².